The number of carbonyl (C=O) groups excluding carboxylic acids is 2. The maximum Gasteiger partial charge on any atom is 0.254 e. The summed E-state index contributed by atoms with van der Waals surface area (Å²) < 4.78 is 5.48. The van der Waals surface area contributed by atoms with Crippen molar-refractivity contribution in [3.05, 3.63) is 58.9 Å². The van der Waals surface area contributed by atoms with Crippen LogP contribution in [-0.2, 0) is 9.53 Å². The molecule has 0 bridgehead atoms. The lowest BCUT2D eigenvalue weighted by Gasteiger charge is -2.35. The summed E-state index contributed by atoms with van der Waals surface area (Å²) in [6.45, 7) is 3.10. The minimum absolute atomic E-state index is 0.144. The largest absolute Gasteiger partial charge is 0.377 e. The topological polar surface area (TPSA) is 71.5 Å². The predicted molar refractivity (Wildman–Crippen MR) is 99.3 cm³/mol. The minimum Gasteiger partial charge on any atom is -0.377 e. The van der Waals surface area contributed by atoms with E-state index in [4.69, 9.17) is 16.3 Å². The van der Waals surface area contributed by atoms with Crippen LogP contribution in [0.15, 0.2) is 42.7 Å². The molecule has 1 aromatic heterocycles. The number of ether oxygens (including phenoxy) is 1. The van der Waals surface area contributed by atoms with E-state index in [-0.39, 0.29) is 24.3 Å². The number of aromatic nitrogens is 1. The zero-order valence-electron chi connectivity index (χ0n) is 14.4. The quantitative estimate of drug-likeness (QED) is 0.894. The van der Waals surface area contributed by atoms with E-state index in [1.54, 1.807) is 41.6 Å². The standard InChI is InChI=1S/C19H20ClN3O3/c1-13-4-5-14(9-17(13)20)19(25)23-7-8-26-12-16(23)10-18(24)22-15-3-2-6-21-11-15/h2-6,9,11,16H,7-8,10,12H2,1H3,(H,22,24)/t16-/m1/s1. The van der Waals surface area contributed by atoms with Gasteiger partial charge >= 0.3 is 0 Å². The number of aryl methyl sites for hydroxylation is 1. The van der Waals surface area contributed by atoms with Crippen molar-refractivity contribution in [2.45, 2.75) is 19.4 Å². The maximum atomic E-state index is 12.9. The van der Waals surface area contributed by atoms with E-state index in [0.717, 1.165) is 5.56 Å². The Hall–Kier alpha value is -2.44. The first kappa shape index (κ1) is 18.4. The van der Waals surface area contributed by atoms with Gasteiger partial charge in [0.2, 0.25) is 5.91 Å². The Balaban J connectivity index is 1.70. The maximum absolute atomic E-state index is 12.9. The van der Waals surface area contributed by atoms with Crippen molar-refractivity contribution in [3.8, 4) is 0 Å². The monoisotopic (exact) mass is 373 g/mol. The van der Waals surface area contributed by atoms with E-state index in [2.05, 4.69) is 10.3 Å². The molecule has 2 amide bonds. The van der Waals surface area contributed by atoms with Gasteiger partial charge in [-0.05, 0) is 36.8 Å². The van der Waals surface area contributed by atoms with E-state index < -0.39 is 0 Å². The lowest BCUT2D eigenvalue weighted by Crippen LogP contribution is -2.50. The Morgan fingerprint density at radius 2 is 2.23 bits per heavy atom. The van der Waals surface area contributed by atoms with Crippen molar-refractivity contribution >= 4 is 29.1 Å². The number of nitrogens with zero attached hydrogens (tertiary/aromatic N) is 2. The number of benzene rings is 1. The van der Waals surface area contributed by atoms with Crippen LogP contribution in [0.1, 0.15) is 22.3 Å². The van der Waals surface area contributed by atoms with Crippen molar-refractivity contribution < 1.29 is 14.3 Å². The number of morpholine rings is 1. The number of hydrogen-bond donors (Lipinski definition) is 1. The molecule has 0 radical (unpaired) electrons. The summed E-state index contributed by atoms with van der Waals surface area (Å²) in [5.74, 6) is -0.331. The summed E-state index contributed by atoms with van der Waals surface area (Å²) in [4.78, 5) is 30.9. The average molecular weight is 374 g/mol. The Morgan fingerprint density at radius 3 is 2.96 bits per heavy atom. The third kappa shape index (κ3) is 4.39. The van der Waals surface area contributed by atoms with E-state index in [1.807, 2.05) is 13.0 Å². The van der Waals surface area contributed by atoms with Crippen molar-refractivity contribution in [3.63, 3.8) is 0 Å². The first-order valence-corrected chi connectivity index (χ1v) is 8.77. The fourth-order valence-electron chi connectivity index (χ4n) is 2.85. The van der Waals surface area contributed by atoms with Crippen LogP contribution >= 0.6 is 11.6 Å². The highest BCUT2D eigenvalue weighted by Crippen LogP contribution is 2.21. The zero-order chi connectivity index (χ0) is 18.5. The first-order chi connectivity index (χ1) is 12.5. The van der Waals surface area contributed by atoms with Crippen LogP contribution in [-0.4, -0.2) is 47.5 Å². The van der Waals surface area contributed by atoms with Crippen LogP contribution in [0, 0.1) is 6.92 Å². The normalized spacial score (nSPS) is 17.0. The van der Waals surface area contributed by atoms with Crippen LogP contribution in [0.4, 0.5) is 5.69 Å². The fraction of sp³-hybridized carbons (Fsp3) is 0.316. The smallest absolute Gasteiger partial charge is 0.254 e. The highest BCUT2D eigenvalue weighted by atomic mass is 35.5. The molecular formula is C19H20ClN3O3. The zero-order valence-corrected chi connectivity index (χ0v) is 15.2. The van der Waals surface area contributed by atoms with E-state index in [0.29, 0.717) is 36.0 Å². The van der Waals surface area contributed by atoms with Crippen molar-refractivity contribution in [1.29, 1.82) is 0 Å². The van der Waals surface area contributed by atoms with Gasteiger partial charge in [-0.15, -0.1) is 0 Å². The van der Waals surface area contributed by atoms with Crippen molar-refractivity contribution in [2.24, 2.45) is 0 Å². The molecule has 1 aliphatic rings. The molecule has 3 rings (SSSR count). The molecule has 1 aliphatic heterocycles. The van der Waals surface area contributed by atoms with Gasteiger partial charge in [0.1, 0.15) is 0 Å². The summed E-state index contributed by atoms with van der Waals surface area (Å²) in [6, 6.07) is 8.43. The van der Waals surface area contributed by atoms with Gasteiger partial charge in [-0.2, -0.15) is 0 Å². The number of nitrogens with one attached hydrogen (secondary N) is 1. The van der Waals surface area contributed by atoms with Crippen LogP contribution in [0.3, 0.4) is 0 Å². The molecule has 2 aromatic rings. The predicted octanol–water partition coefficient (Wildman–Crippen LogP) is 2.91. The number of halogens is 1. The van der Waals surface area contributed by atoms with E-state index in [1.165, 1.54) is 0 Å². The van der Waals surface area contributed by atoms with Crippen LogP contribution in [0.2, 0.25) is 5.02 Å². The van der Waals surface area contributed by atoms with Gasteiger partial charge in [-0.25, -0.2) is 0 Å². The number of pyridine rings is 1. The van der Waals surface area contributed by atoms with E-state index >= 15 is 0 Å². The summed E-state index contributed by atoms with van der Waals surface area (Å²) in [5, 5.41) is 3.34. The molecule has 1 atom stereocenters. The van der Waals surface area contributed by atoms with Gasteiger partial charge in [-0.3, -0.25) is 14.6 Å². The molecule has 7 heteroatoms. The molecular weight excluding hydrogens is 354 g/mol. The second kappa shape index (κ2) is 8.29. The van der Waals surface area contributed by atoms with Gasteiger partial charge in [0.05, 0.1) is 31.1 Å². The molecule has 0 unspecified atom stereocenters. The van der Waals surface area contributed by atoms with Gasteiger partial charge in [-0.1, -0.05) is 17.7 Å². The third-order valence-electron chi connectivity index (χ3n) is 4.27. The van der Waals surface area contributed by atoms with Gasteiger partial charge in [0.15, 0.2) is 0 Å². The van der Waals surface area contributed by atoms with E-state index in [9.17, 15) is 9.59 Å². The fourth-order valence-corrected chi connectivity index (χ4v) is 3.03. The number of anilines is 1. The van der Waals surface area contributed by atoms with Crippen molar-refractivity contribution in [2.75, 3.05) is 25.1 Å². The Bertz CT molecular complexity index is 798. The molecule has 136 valence electrons. The molecule has 1 fully saturated rings. The lowest BCUT2D eigenvalue weighted by atomic mass is 10.1. The third-order valence-corrected chi connectivity index (χ3v) is 4.68. The molecule has 0 aliphatic carbocycles. The molecule has 0 spiro atoms. The number of amides is 2. The van der Waals surface area contributed by atoms with Crippen LogP contribution in [0.5, 0.6) is 0 Å². The molecule has 1 N–H and O–H groups in total. The summed E-state index contributed by atoms with van der Waals surface area (Å²) in [5.41, 5.74) is 2.05. The average Bonchev–Trinajstić information content (AvgIpc) is 2.64. The first-order valence-electron chi connectivity index (χ1n) is 8.39. The number of rotatable bonds is 4. The SMILES string of the molecule is Cc1ccc(C(=O)N2CCOC[C@H]2CC(=O)Nc2cccnc2)cc1Cl. The highest BCUT2D eigenvalue weighted by Gasteiger charge is 2.30. The highest BCUT2D eigenvalue weighted by molar-refractivity contribution is 6.31. The van der Waals surface area contributed by atoms with Gasteiger partial charge in [0.25, 0.3) is 5.91 Å². The number of carbonyl (C=O) groups is 2. The van der Waals surface area contributed by atoms with Crippen molar-refractivity contribution in [1.82, 2.24) is 9.88 Å². The lowest BCUT2D eigenvalue weighted by molar-refractivity contribution is -0.118. The molecule has 1 aromatic carbocycles. The Morgan fingerprint density at radius 1 is 1.38 bits per heavy atom. The Kier molecular flexibility index (Phi) is 5.85. The molecule has 0 saturated carbocycles. The number of hydrogen-bond acceptors (Lipinski definition) is 4. The molecule has 6 nitrogen and oxygen atoms in total. The second-order valence-electron chi connectivity index (χ2n) is 6.19. The molecule has 26 heavy (non-hydrogen) atoms. The van der Waals surface area contributed by atoms with Gasteiger partial charge in [0, 0.05) is 29.7 Å². The molecule has 1 saturated heterocycles. The minimum atomic E-state index is -0.326. The second-order valence-corrected chi connectivity index (χ2v) is 6.59. The van der Waals surface area contributed by atoms with Crippen LogP contribution in [0.25, 0.3) is 0 Å². The Labute approximate surface area is 157 Å². The van der Waals surface area contributed by atoms with Crippen LogP contribution < -0.4 is 5.32 Å². The molecule has 2 heterocycles. The van der Waals surface area contributed by atoms with Gasteiger partial charge < -0.3 is 15.0 Å². The summed E-state index contributed by atoms with van der Waals surface area (Å²) in [6.07, 6.45) is 3.37. The summed E-state index contributed by atoms with van der Waals surface area (Å²) >= 11 is 6.14. The summed E-state index contributed by atoms with van der Waals surface area (Å²) in [7, 11) is 0.